The number of nitrogens with zero attached hydrogens (tertiary/aromatic N) is 1. The van der Waals surface area contributed by atoms with E-state index in [2.05, 4.69) is 15.3 Å². The second kappa shape index (κ2) is 1.87. The zero-order chi connectivity index (χ0) is 6.97. The molecule has 0 atom stereocenters. The maximum Gasteiger partial charge on any atom is 0.0929 e. The lowest BCUT2D eigenvalue weighted by atomic mass is 10.1. The van der Waals surface area contributed by atoms with Crippen LogP contribution < -0.4 is 5.32 Å². The number of aromatic amines is 1. The molecule has 0 aliphatic carbocycles. The van der Waals surface area contributed by atoms with Gasteiger partial charge in [0.05, 0.1) is 24.3 Å². The summed E-state index contributed by atoms with van der Waals surface area (Å²) in [6, 6.07) is 0. The van der Waals surface area contributed by atoms with E-state index in [1.807, 2.05) is 13.1 Å². The molecule has 1 aliphatic rings. The van der Waals surface area contributed by atoms with E-state index in [-0.39, 0.29) is 0 Å². The van der Waals surface area contributed by atoms with E-state index in [1.54, 1.807) is 6.33 Å². The van der Waals surface area contributed by atoms with Gasteiger partial charge in [-0.15, -0.1) is 0 Å². The first-order valence-corrected chi connectivity index (χ1v) is 3.30. The molecule has 52 valence electrons. The van der Waals surface area contributed by atoms with Gasteiger partial charge in [0.2, 0.25) is 0 Å². The van der Waals surface area contributed by atoms with Gasteiger partial charge in [-0.3, -0.25) is 0 Å². The highest BCUT2D eigenvalue weighted by Crippen LogP contribution is 2.16. The van der Waals surface area contributed by atoms with Crippen LogP contribution in [0.1, 0.15) is 18.3 Å². The van der Waals surface area contributed by atoms with Crippen molar-refractivity contribution in [2.45, 2.75) is 13.5 Å². The molecule has 3 nitrogen and oxygen atoms in total. The van der Waals surface area contributed by atoms with E-state index >= 15 is 0 Å². The Hall–Kier alpha value is -1.25. The average molecular weight is 135 g/mol. The molecule has 0 saturated heterocycles. The first-order valence-electron chi connectivity index (χ1n) is 3.30. The number of H-pyrrole nitrogens is 1. The van der Waals surface area contributed by atoms with Crippen molar-refractivity contribution in [2.24, 2.45) is 0 Å². The Labute approximate surface area is 59.2 Å². The summed E-state index contributed by atoms with van der Waals surface area (Å²) in [6.45, 7) is 2.92. The number of nitrogens with one attached hydrogen (secondary N) is 2. The lowest BCUT2D eigenvalue weighted by molar-refractivity contribution is 0.825. The predicted octanol–water partition coefficient (Wildman–Crippen LogP) is 0.874. The number of imidazole rings is 1. The zero-order valence-corrected chi connectivity index (χ0v) is 5.81. The normalized spacial score (nSPS) is 15.5. The van der Waals surface area contributed by atoms with Crippen LogP contribution in [0, 0.1) is 0 Å². The average Bonchev–Trinajstić information content (AvgIpc) is 2.36. The number of fused-ring (bicyclic) bond motifs is 1. The Balaban J connectivity index is 2.55. The van der Waals surface area contributed by atoms with Crippen LogP contribution in [0.2, 0.25) is 0 Å². The van der Waals surface area contributed by atoms with Gasteiger partial charge in [-0.25, -0.2) is 4.98 Å². The molecular formula is C7H9N3. The Bertz CT molecular complexity index is 272. The largest absolute Gasteiger partial charge is 0.385 e. The lowest BCUT2D eigenvalue weighted by Gasteiger charge is -2.09. The Morgan fingerprint density at radius 3 is 3.30 bits per heavy atom. The van der Waals surface area contributed by atoms with E-state index in [9.17, 15) is 0 Å². The molecule has 0 amide bonds. The molecule has 3 heteroatoms. The summed E-state index contributed by atoms with van der Waals surface area (Å²) in [7, 11) is 0. The van der Waals surface area contributed by atoms with Crippen LogP contribution in [-0.2, 0) is 6.54 Å². The second-order valence-electron chi connectivity index (χ2n) is 2.44. The van der Waals surface area contributed by atoms with E-state index in [0.29, 0.717) is 0 Å². The van der Waals surface area contributed by atoms with Gasteiger partial charge in [0.25, 0.3) is 0 Å². The molecule has 10 heavy (non-hydrogen) atoms. The fourth-order valence-corrected chi connectivity index (χ4v) is 1.17. The monoisotopic (exact) mass is 135 g/mol. The summed E-state index contributed by atoms with van der Waals surface area (Å²) >= 11 is 0. The van der Waals surface area contributed by atoms with Gasteiger partial charge < -0.3 is 10.3 Å². The van der Waals surface area contributed by atoms with Crippen molar-refractivity contribution < 1.29 is 0 Å². The third kappa shape index (κ3) is 0.635. The minimum absolute atomic E-state index is 0.868. The summed E-state index contributed by atoms with van der Waals surface area (Å²) < 4.78 is 0. The molecule has 1 aromatic rings. The summed E-state index contributed by atoms with van der Waals surface area (Å²) in [6.07, 6.45) is 3.72. The number of aromatic nitrogens is 2. The van der Waals surface area contributed by atoms with Gasteiger partial charge in [-0.2, -0.15) is 0 Å². The van der Waals surface area contributed by atoms with Crippen molar-refractivity contribution in [1.82, 2.24) is 15.3 Å². The first kappa shape index (κ1) is 5.53. The summed E-state index contributed by atoms with van der Waals surface area (Å²) in [5, 5.41) is 3.14. The standard InChI is InChI=1S/C7H9N3/c1-5-2-8-3-6-7(5)10-4-9-6/h2,4,8H,3H2,1H3,(H,9,10). The highest BCUT2D eigenvalue weighted by atomic mass is 15.0. The highest BCUT2D eigenvalue weighted by molar-refractivity contribution is 5.63. The van der Waals surface area contributed by atoms with Gasteiger partial charge in [0.15, 0.2) is 0 Å². The highest BCUT2D eigenvalue weighted by Gasteiger charge is 2.09. The fourth-order valence-electron chi connectivity index (χ4n) is 1.17. The maximum absolute atomic E-state index is 4.17. The van der Waals surface area contributed by atoms with Gasteiger partial charge in [0, 0.05) is 6.20 Å². The predicted molar refractivity (Wildman–Crippen MR) is 39.1 cm³/mol. The molecule has 0 aromatic carbocycles. The van der Waals surface area contributed by atoms with Crippen molar-refractivity contribution in [1.29, 1.82) is 0 Å². The maximum atomic E-state index is 4.17. The first-order chi connectivity index (χ1) is 4.88. The van der Waals surface area contributed by atoms with Gasteiger partial charge >= 0.3 is 0 Å². The Kier molecular flexibility index (Phi) is 1.03. The molecule has 0 spiro atoms. The van der Waals surface area contributed by atoms with Crippen molar-refractivity contribution in [2.75, 3.05) is 0 Å². The number of hydrogen-bond donors (Lipinski definition) is 2. The molecule has 0 saturated carbocycles. The van der Waals surface area contributed by atoms with Crippen molar-refractivity contribution in [3.8, 4) is 0 Å². The molecule has 2 heterocycles. The van der Waals surface area contributed by atoms with Gasteiger partial charge in [0.1, 0.15) is 0 Å². The van der Waals surface area contributed by atoms with Crippen LogP contribution in [0.4, 0.5) is 0 Å². The molecule has 2 N–H and O–H groups in total. The van der Waals surface area contributed by atoms with Crippen LogP contribution in [0.15, 0.2) is 12.5 Å². The second-order valence-corrected chi connectivity index (χ2v) is 2.44. The van der Waals surface area contributed by atoms with E-state index in [0.717, 1.165) is 12.2 Å². The minimum atomic E-state index is 0.868. The zero-order valence-electron chi connectivity index (χ0n) is 5.81. The minimum Gasteiger partial charge on any atom is -0.385 e. The molecule has 0 bridgehead atoms. The topological polar surface area (TPSA) is 40.7 Å². The van der Waals surface area contributed by atoms with E-state index < -0.39 is 0 Å². The summed E-state index contributed by atoms with van der Waals surface area (Å²) in [5.74, 6) is 0. The molecular weight excluding hydrogens is 126 g/mol. The summed E-state index contributed by atoms with van der Waals surface area (Å²) in [4.78, 5) is 7.25. The van der Waals surface area contributed by atoms with Crippen LogP contribution in [0.3, 0.4) is 0 Å². The number of rotatable bonds is 0. The van der Waals surface area contributed by atoms with Crippen molar-refractivity contribution in [3.63, 3.8) is 0 Å². The third-order valence-electron chi connectivity index (χ3n) is 1.69. The SMILES string of the molecule is CC1=CNCc2[nH]cnc21. The fraction of sp³-hybridized carbons (Fsp3) is 0.286. The number of hydrogen-bond acceptors (Lipinski definition) is 2. The quantitative estimate of drug-likeness (QED) is 0.554. The molecule has 0 fully saturated rings. The smallest absolute Gasteiger partial charge is 0.0929 e. The molecule has 2 rings (SSSR count). The number of allylic oxidation sites excluding steroid dienone is 1. The van der Waals surface area contributed by atoms with Gasteiger partial charge in [-0.05, 0) is 12.5 Å². The van der Waals surface area contributed by atoms with Crippen LogP contribution >= 0.6 is 0 Å². The summed E-state index contributed by atoms with van der Waals surface area (Å²) in [5.41, 5.74) is 3.47. The molecule has 1 aliphatic heterocycles. The van der Waals surface area contributed by atoms with Crippen molar-refractivity contribution in [3.05, 3.63) is 23.9 Å². The van der Waals surface area contributed by atoms with E-state index in [4.69, 9.17) is 0 Å². The Morgan fingerprint density at radius 2 is 2.50 bits per heavy atom. The van der Waals surface area contributed by atoms with Crippen molar-refractivity contribution >= 4 is 5.57 Å². The lowest BCUT2D eigenvalue weighted by Crippen LogP contribution is -2.12. The Morgan fingerprint density at radius 1 is 1.60 bits per heavy atom. The molecule has 0 radical (unpaired) electrons. The van der Waals surface area contributed by atoms with Crippen LogP contribution in [0.25, 0.3) is 5.57 Å². The van der Waals surface area contributed by atoms with Crippen LogP contribution in [-0.4, -0.2) is 9.97 Å². The van der Waals surface area contributed by atoms with E-state index in [1.165, 1.54) is 11.3 Å². The molecule has 0 unspecified atom stereocenters. The van der Waals surface area contributed by atoms with Crippen LogP contribution in [0.5, 0.6) is 0 Å². The molecule has 1 aromatic heterocycles. The van der Waals surface area contributed by atoms with Gasteiger partial charge in [-0.1, -0.05) is 0 Å². The third-order valence-corrected chi connectivity index (χ3v) is 1.69.